The van der Waals surface area contributed by atoms with Gasteiger partial charge in [-0.05, 0) is 30.9 Å². The van der Waals surface area contributed by atoms with E-state index in [0.29, 0.717) is 25.1 Å². The average molecular weight is 372 g/mol. The SMILES string of the molecule is CC(C)CC(Nc1ccc([N+](=O)[O-])c(Cl)c1)C(=O)NC1CCOC1O. The maximum absolute atomic E-state index is 12.6. The zero-order valence-corrected chi connectivity index (χ0v) is 14.8. The third-order valence-corrected chi connectivity index (χ3v) is 4.20. The third kappa shape index (κ3) is 5.29. The molecule has 9 heteroatoms. The van der Waals surface area contributed by atoms with Gasteiger partial charge >= 0.3 is 0 Å². The number of nitro groups is 1. The zero-order chi connectivity index (χ0) is 18.6. The van der Waals surface area contributed by atoms with Crippen molar-refractivity contribution in [2.75, 3.05) is 11.9 Å². The van der Waals surface area contributed by atoms with Crippen molar-refractivity contribution < 1.29 is 19.6 Å². The van der Waals surface area contributed by atoms with Gasteiger partial charge in [-0.2, -0.15) is 0 Å². The Bertz CT molecular complexity index is 640. The van der Waals surface area contributed by atoms with Crippen molar-refractivity contribution in [2.45, 2.75) is 45.1 Å². The lowest BCUT2D eigenvalue weighted by atomic mass is 10.0. The van der Waals surface area contributed by atoms with Gasteiger partial charge in [-0.15, -0.1) is 0 Å². The first-order chi connectivity index (χ1) is 11.8. The number of ether oxygens (including phenoxy) is 1. The lowest BCUT2D eigenvalue weighted by molar-refractivity contribution is -0.384. The predicted molar refractivity (Wildman–Crippen MR) is 93.5 cm³/mol. The number of aliphatic hydroxyl groups is 1. The molecule has 8 nitrogen and oxygen atoms in total. The minimum Gasteiger partial charge on any atom is -0.374 e. The molecule has 1 aromatic rings. The lowest BCUT2D eigenvalue weighted by Gasteiger charge is -2.24. The maximum Gasteiger partial charge on any atom is 0.288 e. The molecule has 1 aliphatic rings. The quantitative estimate of drug-likeness (QED) is 0.500. The molecule has 1 aliphatic heterocycles. The Balaban J connectivity index is 2.10. The van der Waals surface area contributed by atoms with E-state index in [1.165, 1.54) is 18.2 Å². The van der Waals surface area contributed by atoms with Gasteiger partial charge in [0.1, 0.15) is 11.1 Å². The highest BCUT2D eigenvalue weighted by atomic mass is 35.5. The number of carbonyl (C=O) groups excluding carboxylic acids is 1. The minimum absolute atomic E-state index is 0.00156. The first-order valence-electron chi connectivity index (χ1n) is 8.08. The molecule has 3 N–H and O–H groups in total. The van der Waals surface area contributed by atoms with E-state index in [4.69, 9.17) is 16.3 Å². The molecule has 1 amide bonds. The molecule has 1 saturated heterocycles. The van der Waals surface area contributed by atoms with E-state index in [0.717, 1.165) is 0 Å². The summed E-state index contributed by atoms with van der Waals surface area (Å²) in [6.45, 7) is 4.36. The van der Waals surface area contributed by atoms with Gasteiger partial charge in [0, 0.05) is 11.8 Å². The van der Waals surface area contributed by atoms with E-state index in [9.17, 15) is 20.0 Å². The third-order valence-electron chi connectivity index (χ3n) is 3.90. The van der Waals surface area contributed by atoms with Gasteiger partial charge in [0.25, 0.3) is 5.69 Å². The predicted octanol–water partition coefficient (Wildman–Crippen LogP) is 2.30. The highest BCUT2D eigenvalue weighted by molar-refractivity contribution is 6.32. The van der Waals surface area contributed by atoms with Crippen LogP contribution in [-0.2, 0) is 9.53 Å². The van der Waals surface area contributed by atoms with Crippen LogP contribution in [0.1, 0.15) is 26.7 Å². The van der Waals surface area contributed by atoms with Crippen LogP contribution in [0.15, 0.2) is 18.2 Å². The molecule has 0 spiro atoms. The van der Waals surface area contributed by atoms with E-state index < -0.39 is 23.3 Å². The molecule has 0 aliphatic carbocycles. The molecule has 138 valence electrons. The fourth-order valence-corrected chi connectivity index (χ4v) is 2.90. The molecular weight excluding hydrogens is 350 g/mol. The molecule has 1 fully saturated rings. The molecule has 25 heavy (non-hydrogen) atoms. The number of halogens is 1. The smallest absolute Gasteiger partial charge is 0.288 e. The molecule has 3 unspecified atom stereocenters. The van der Waals surface area contributed by atoms with Crippen molar-refractivity contribution in [3.8, 4) is 0 Å². The van der Waals surface area contributed by atoms with Gasteiger partial charge in [-0.25, -0.2) is 0 Å². The van der Waals surface area contributed by atoms with Crippen LogP contribution in [0, 0.1) is 16.0 Å². The Kier molecular flexibility index (Phi) is 6.57. The van der Waals surface area contributed by atoms with Gasteiger partial charge in [-0.3, -0.25) is 14.9 Å². The van der Waals surface area contributed by atoms with Crippen LogP contribution in [0.5, 0.6) is 0 Å². The maximum atomic E-state index is 12.6. The Labute approximate surface area is 150 Å². The summed E-state index contributed by atoms with van der Waals surface area (Å²) in [7, 11) is 0. The standard InChI is InChI=1S/C16H22ClN3O5/c1-9(2)7-13(15(21)19-12-5-6-25-16(12)22)18-10-3-4-14(20(23)24)11(17)8-10/h3-4,8-9,12-13,16,18,22H,5-7H2,1-2H3,(H,19,21). The summed E-state index contributed by atoms with van der Waals surface area (Å²) in [5.74, 6) is -0.0285. The van der Waals surface area contributed by atoms with Crippen LogP contribution in [0.4, 0.5) is 11.4 Å². The normalized spacial score (nSPS) is 21.2. The zero-order valence-electron chi connectivity index (χ0n) is 14.1. The topological polar surface area (TPSA) is 114 Å². The molecule has 0 saturated carbocycles. The summed E-state index contributed by atoms with van der Waals surface area (Å²) in [5.41, 5.74) is 0.322. The largest absolute Gasteiger partial charge is 0.374 e. The van der Waals surface area contributed by atoms with Gasteiger partial charge < -0.3 is 20.5 Å². The van der Waals surface area contributed by atoms with Crippen LogP contribution in [0.2, 0.25) is 5.02 Å². The average Bonchev–Trinajstić information content (AvgIpc) is 2.91. The summed E-state index contributed by atoms with van der Waals surface area (Å²) < 4.78 is 5.04. The van der Waals surface area contributed by atoms with Crippen LogP contribution < -0.4 is 10.6 Å². The first-order valence-corrected chi connectivity index (χ1v) is 8.46. The second-order valence-corrected chi connectivity index (χ2v) is 6.82. The highest BCUT2D eigenvalue weighted by Gasteiger charge is 2.30. The molecule has 1 heterocycles. The van der Waals surface area contributed by atoms with E-state index in [2.05, 4.69) is 10.6 Å². The number of hydrogen-bond donors (Lipinski definition) is 3. The number of aliphatic hydroxyl groups excluding tert-OH is 1. The van der Waals surface area contributed by atoms with Crippen molar-refractivity contribution in [3.63, 3.8) is 0 Å². The van der Waals surface area contributed by atoms with Gasteiger partial charge in [0.2, 0.25) is 5.91 Å². The van der Waals surface area contributed by atoms with E-state index in [1.807, 2.05) is 13.8 Å². The minimum atomic E-state index is -1.00. The van der Waals surface area contributed by atoms with Gasteiger partial charge in [0.15, 0.2) is 6.29 Å². The number of nitro benzene ring substituents is 1. The summed E-state index contributed by atoms with van der Waals surface area (Å²) in [6.07, 6.45) is 0.0897. The monoisotopic (exact) mass is 371 g/mol. The fraction of sp³-hybridized carbons (Fsp3) is 0.562. The molecule has 0 radical (unpaired) electrons. The first kappa shape index (κ1) is 19.4. The van der Waals surface area contributed by atoms with E-state index in [1.54, 1.807) is 0 Å². The number of carbonyl (C=O) groups is 1. The number of nitrogens with one attached hydrogen (secondary N) is 2. The Morgan fingerprint density at radius 2 is 2.24 bits per heavy atom. The summed E-state index contributed by atoms with van der Waals surface area (Å²) >= 11 is 5.92. The van der Waals surface area contributed by atoms with Gasteiger partial charge in [-0.1, -0.05) is 25.4 Å². The highest BCUT2D eigenvalue weighted by Crippen LogP contribution is 2.28. The number of anilines is 1. The van der Waals surface area contributed by atoms with Crippen LogP contribution >= 0.6 is 11.6 Å². The van der Waals surface area contributed by atoms with E-state index >= 15 is 0 Å². The molecule has 0 aromatic heterocycles. The van der Waals surface area contributed by atoms with Crippen LogP contribution in [-0.4, -0.2) is 40.9 Å². The summed E-state index contributed by atoms with van der Waals surface area (Å²) in [5, 5.41) is 26.3. The number of amides is 1. The molecular formula is C16H22ClN3O5. The second kappa shape index (κ2) is 8.46. The lowest BCUT2D eigenvalue weighted by Crippen LogP contribution is -2.48. The van der Waals surface area contributed by atoms with Crippen molar-refractivity contribution in [3.05, 3.63) is 33.3 Å². The molecule has 0 bridgehead atoms. The number of benzene rings is 1. The Morgan fingerprint density at radius 3 is 2.76 bits per heavy atom. The number of hydrogen-bond acceptors (Lipinski definition) is 6. The number of rotatable bonds is 7. The molecule has 2 rings (SSSR count). The van der Waals surface area contributed by atoms with Crippen molar-refractivity contribution in [2.24, 2.45) is 5.92 Å². The van der Waals surface area contributed by atoms with Crippen molar-refractivity contribution in [1.29, 1.82) is 0 Å². The summed E-state index contributed by atoms with van der Waals surface area (Å²) in [6, 6.07) is 3.23. The van der Waals surface area contributed by atoms with Crippen LogP contribution in [0.25, 0.3) is 0 Å². The van der Waals surface area contributed by atoms with Crippen molar-refractivity contribution >= 4 is 28.9 Å². The van der Waals surface area contributed by atoms with Gasteiger partial charge in [0.05, 0.1) is 17.6 Å². The van der Waals surface area contributed by atoms with Crippen LogP contribution in [0.3, 0.4) is 0 Å². The fourth-order valence-electron chi connectivity index (χ4n) is 2.65. The van der Waals surface area contributed by atoms with Crippen molar-refractivity contribution in [1.82, 2.24) is 5.32 Å². The number of nitrogens with zero attached hydrogens (tertiary/aromatic N) is 1. The second-order valence-electron chi connectivity index (χ2n) is 6.41. The molecule has 1 aromatic carbocycles. The summed E-state index contributed by atoms with van der Waals surface area (Å²) in [4.78, 5) is 22.8. The Hall–Kier alpha value is -1.90. The molecule has 3 atom stereocenters. The van der Waals surface area contributed by atoms with E-state index in [-0.39, 0.29) is 22.5 Å². The Morgan fingerprint density at radius 1 is 1.52 bits per heavy atom.